The average Bonchev–Trinajstić information content (AvgIpc) is 3.41. The van der Waals surface area contributed by atoms with E-state index in [0.717, 1.165) is 11.8 Å². The van der Waals surface area contributed by atoms with Gasteiger partial charge in [0.2, 0.25) is 5.91 Å². The SMILES string of the molecule is O=C1CC[C@H](CC(c2ccc(C(F)(F)F)c(Cl)c2)c2ccc(C3CC3)cn2)N1. The van der Waals surface area contributed by atoms with E-state index in [1.54, 1.807) is 0 Å². The van der Waals surface area contributed by atoms with E-state index in [4.69, 9.17) is 11.6 Å². The van der Waals surface area contributed by atoms with Gasteiger partial charge < -0.3 is 5.32 Å². The molecule has 2 aliphatic rings. The molecular formula is C21H20ClF3N2O. The molecule has 2 heterocycles. The summed E-state index contributed by atoms with van der Waals surface area (Å²) < 4.78 is 39.2. The van der Waals surface area contributed by atoms with Crippen molar-refractivity contribution in [3.8, 4) is 0 Å². The van der Waals surface area contributed by atoms with Crippen molar-refractivity contribution < 1.29 is 18.0 Å². The van der Waals surface area contributed by atoms with Gasteiger partial charge in [-0.3, -0.25) is 9.78 Å². The van der Waals surface area contributed by atoms with Crippen LogP contribution in [0.25, 0.3) is 0 Å². The predicted octanol–water partition coefficient (Wildman–Crippen LogP) is 5.43. The Bertz CT molecular complexity index is 878. The molecule has 1 aliphatic heterocycles. The van der Waals surface area contributed by atoms with Gasteiger partial charge in [0.1, 0.15) is 0 Å². The van der Waals surface area contributed by atoms with Gasteiger partial charge in [-0.15, -0.1) is 0 Å². The minimum Gasteiger partial charge on any atom is -0.353 e. The Hall–Kier alpha value is -2.08. The van der Waals surface area contributed by atoms with E-state index in [-0.39, 0.29) is 22.9 Å². The second-order valence-electron chi connectivity index (χ2n) is 7.62. The first-order chi connectivity index (χ1) is 13.3. The summed E-state index contributed by atoms with van der Waals surface area (Å²) in [6, 6.07) is 7.83. The van der Waals surface area contributed by atoms with Crippen molar-refractivity contribution in [1.82, 2.24) is 10.3 Å². The van der Waals surface area contributed by atoms with Crippen molar-refractivity contribution >= 4 is 17.5 Å². The van der Waals surface area contributed by atoms with Gasteiger partial charge >= 0.3 is 6.18 Å². The summed E-state index contributed by atoms with van der Waals surface area (Å²) in [5, 5.41) is 2.61. The normalized spacial score (nSPS) is 20.9. The molecule has 1 aromatic heterocycles. The fraction of sp³-hybridized carbons (Fsp3) is 0.429. The van der Waals surface area contributed by atoms with Crippen LogP contribution in [0.4, 0.5) is 13.2 Å². The van der Waals surface area contributed by atoms with Crippen molar-refractivity contribution in [2.45, 2.75) is 56.2 Å². The first-order valence-corrected chi connectivity index (χ1v) is 9.81. The van der Waals surface area contributed by atoms with Crippen molar-refractivity contribution in [3.05, 3.63) is 63.9 Å². The maximum absolute atomic E-state index is 13.1. The molecule has 148 valence electrons. The van der Waals surface area contributed by atoms with Crippen LogP contribution in [-0.2, 0) is 11.0 Å². The Labute approximate surface area is 166 Å². The highest BCUT2D eigenvalue weighted by molar-refractivity contribution is 6.31. The lowest BCUT2D eigenvalue weighted by Gasteiger charge is -2.22. The lowest BCUT2D eigenvalue weighted by atomic mass is 9.87. The molecular weight excluding hydrogens is 389 g/mol. The lowest BCUT2D eigenvalue weighted by molar-refractivity contribution is -0.137. The number of halogens is 4. The molecule has 4 rings (SSSR count). The van der Waals surface area contributed by atoms with Crippen LogP contribution < -0.4 is 5.32 Å². The first-order valence-electron chi connectivity index (χ1n) is 9.43. The van der Waals surface area contributed by atoms with E-state index >= 15 is 0 Å². The number of rotatable bonds is 5. The number of aromatic nitrogens is 1. The van der Waals surface area contributed by atoms with Crippen LogP contribution in [0.1, 0.15) is 66.3 Å². The molecule has 1 saturated heterocycles. The Morgan fingerprint density at radius 2 is 1.96 bits per heavy atom. The molecule has 1 aromatic carbocycles. The lowest BCUT2D eigenvalue weighted by Crippen LogP contribution is -2.27. The third kappa shape index (κ3) is 4.17. The zero-order valence-corrected chi connectivity index (χ0v) is 15.9. The van der Waals surface area contributed by atoms with E-state index in [1.807, 2.05) is 18.3 Å². The minimum absolute atomic E-state index is 0.00578. The molecule has 1 unspecified atom stereocenters. The highest BCUT2D eigenvalue weighted by atomic mass is 35.5. The number of nitrogens with one attached hydrogen (secondary N) is 1. The smallest absolute Gasteiger partial charge is 0.353 e. The number of alkyl halides is 3. The van der Waals surface area contributed by atoms with Crippen LogP contribution in [0.3, 0.4) is 0 Å². The highest BCUT2D eigenvalue weighted by Gasteiger charge is 2.34. The molecule has 2 aromatic rings. The van der Waals surface area contributed by atoms with Crippen molar-refractivity contribution in [3.63, 3.8) is 0 Å². The molecule has 28 heavy (non-hydrogen) atoms. The summed E-state index contributed by atoms with van der Waals surface area (Å²) in [5.41, 5.74) is 1.80. The second kappa shape index (κ2) is 7.39. The Morgan fingerprint density at radius 1 is 1.18 bits per heavy atom. The number of hydrogen-bond donors (Lipinski definition) is 1. The maximum atomic E-state index is 13.1. The highest BCUT2D eigenvalue weighted by Crippen LogP contribution is 2.41. The molecule has 0 radical (unpaired) electrons. The monoisotopic (exact) mass is 408 g/mol. The number of amides is 1. The van der Waals surface area contributed by atoms with Crippen molar-refractivity contribution in [2.75, 3.05) is 0 Å². The van der Waals surface area contributed by atoms with Gasteiger partial charge in [-0.2, -0.15) is 13.2 Å². The predicted molar refractivity (Wildman–Crippen MR) is 100 cm³/mol. The number of carbonyl (C=O) groups excluding carboxylic acids is 1. The van der Waals surface area contributed by atoms with E-state index in [0.29, 0.717) is 30.7 Å². The fourth-order valence-corrected chi connectivity index (χ4v) is 4.12. The summed E-state index contributed by atoms with van der Waals surface area (Å²) in [6.07, 6.45) is 1.47. The van der Waals surface area contributed by atoms with Crippen molar-refractivity contribution in [2.24, 2.45) is 0 Å². The first kappa shape index (κ1) is 19.2. The molecule has 0 spiro atoms. The summed E-state index contributed by atoms with van der Waals surface area (Å²) >= 11 is 5.95. The van der Waals surface area contributed by atoms with Crippen LogP contribution in [0.5, 0.6) is 0 Å². The zero-order chi connectivity index (χ0) is 19.9. The van der Waals surface area contributed by atoms with Gasteiger partial charge in [-0.05, 0) is 60.9 Å². The molecule has 3 nitrogen and oxygen atoms in total. The molecule has 2 fully saturated rings. The molecule has 1 amide bonds. The van der Waals surface area contributed by atoms with Crippen LogP contribution in [0.15, 0.2) is 36.5 Å². The van der Waals surface area contributed by atoms with Gasteiger partial charge in [-0.1, -0.05) is 23.7 Å². The summed E-state index contributed by atoms with van der Waals surface area (Å²) in [4.78, 5) is 16.2. The number of pyridine rings is 1. The number of hydrogen-bond acceptors (Lipinski definition) is 2. The van der Waals surface area contributed by atoms with E-state index in [2.05, 4.69) is 10.3 Å². The van der Waals surface area contributed by atoms with Gasteiger partial charge in [0, 0.05) is 30.3 Å². The Kier molecular flexibility index (Phi) is 5.08. The van der Waals surface area contributed by atoms with Gasteiger partial charge in [0.25, 0.3) is 0 Å². The minimum atomic E-state index is -4.49. The Balaban J connectivity index is 1.65. The summed E-state index contributed by atoms with van der Waals surface area (Å²) in [5.74, 6) is 0.345. The standard InChI is InChI=1S/C21H20ClF3N2O/c22-18-9-13(3-6-17(18)21(23,24)25)16(10-15-5-8-20(28)27-15)19-7-4-14(11-26-19)12-1-2-12/h3-4,6-7,9,11-12,15-16H,1-2,5,8,10H2,(H,27,28)/t15-,16?/m1/s1. The second-order valence-corrected chi connectivity index (χ2v) is 8.03. The maximum Gasteiger partial charge on any atom is 0.417 e. The fourth-order valence-electron chi connectivity index (χ4n) is 3.83. The summed E-state index contributed by atoms with van der Waals surface area (Å²) in [7, 11) is 0. The largest absolute Gasteiger partial charge is 0.417 e. The summed E-state index contributed by atoms with van der Waals surface area (Å²) in [6.45, 7) is 0. The van der Waals surface area contributed by atoms with E-state index in [9.17, 15) is 18.0 Å². The number of nitrogens with zero attached hydrogens (tertiary/aromatic N) is 1. The average molecular weight is 409 g/mol. The molecule has 2 atom stereocenters. The number of benzene rings is 1. The quantitative estimate of drug-likeness (QED) is 0.716. The van der Waals surface area contributed by atoms with E-state index < -0.39 is 11.7 Å². The van der Waals surface area contributed by atoms with Crippen LogP contribution in [-0.4, -0.2) is 16.9 Å². The Morgan fingerprint density at radius 3 is 2.50 bits per heavy atom. The van der Waals surface area contributed by atoms with Gasteiger partial charge in [-0.25, -0.2) is 0 Å². The molecule has 1 N–H and O–H groups in total. The number of carbonyl (C=O) groups is 1. The third-order valence-electron chi connectivity index (χ3n) is 5.52. The van der Waals surface area contributed by atoms with E-state index in [1.165, 1.54) is 30.5 Å². The molecule has 7 heteroatoms. The molecule has 0 bridgehead atoms. The van der Waals surface area contributed by atoms with Crippen LogP contribution in [0.2, 0.25) is 5.02 Å². The van der Waals surface area contributed by atoms with Gasteiger partial charge in [0.05, 0.1) is 10.6 Å². The van der Waals surface area contributed by atoms with Gasteiger partial charge in [0.15, 0.2) is 0 Å². The zero-order valence-electron chi connectivity index (χ0n) is 15.1. The van der Waals surface area contributed by atoms with Crippen LogP contribution in [0, 0.1) is 0 Å². The molecule has 1 saturated carbocycles. The topological polar surface area (TPSA) is 42.0 Å². The molecule has 1 aliphatic carbocycles. The third-order valence-corrected chi connectivity index (χ3v) is 5.83. The van der Waals surface area contributed by atoms with Crippen molar-refractivity contribution in [1.29, 1.82) is 0 Å². The van der Waals surface area contributed by atoms with Crippen LogP contribution >= 0.6 is 11.6 Å².